The Balaban J connectivity index is 1.53. The molecule has 1 saturated heterocycles. The van der Waals surface area contributed by atoms with Gasteiger partial charge in [0.05, 0.1) is 22.1 Å². The third-order valence-corrected chi connectivity index (χ3v) is 7.37. The Labute approximate surface area is 183 Å². The zero-order valence-corrected chi connectivity index (χ0v) is 18.1. The van der Waals surface area contributed by atoms with E-state index in [0.717, 1.165) is 24.6 Å². The van der Waals surface area contributed by atoms with E-state index in [0.29, 0.717) is 18.8 Å². The van der Waals surface area contributed by atoms with Crippen molar-refractivity contribution in [2.75, 3.05) is 35.2 Å². The Morgan fingerprint density at radius 3 is 2.26 bits per heavy atom. The van der Waals surface area contributed by atoms with Gasteiger partial charge in [-0.2, -0.15) is 4.31 Å². The van der Waals surface area contributed by atoms with Crippen LogP contribution in [0.15, 0.2) is 47.4 Å². The molecular weight excluding hydrogens is 445 g/mol. The first-order valence-corrected chi connectivity index (χ1v) is 12.1. The number of hydrogen-bond donors (Lipinski definition) is 3. The van der Waals surface area contributed by atoms with Crippen molar-refractivity contribution in [2.24, 2.45) is 0 Å². The number of aromatic hydroxyl groups is 1. The molecule has 1 fully saturated rings. The molecule has 1 aliphatic rings. The minimum atomic E-state index is -3.69. The first-order valence-electron chi connectivity index (χ1n) is 9.52. The van der Waals surface area contributed by atoms with E-state index < -0.39 is 21.7 Å². The van der Waals surface area contributed by atoms with Crippen LogP contribution in [0.4, 0.5) is 15.8 Å². The van der Waals surface area contributed by atoms with Gasteiger partial charge < -0.3 is 15.7 Å². The number of thioether (sulfide) groups is 1. The molecule has 3 N–H and O–H groups in total. The van der Waals surface area contributed by atoms with E-state index in [1.165, 1.54) is 46.8 Å². The Morgan fingerprint density at radius 2 is 1.61 bits per heavy atom. The molecule has 11 heteroatoms. The molecule has 2 amide bonds. The van der Waals surface area contributed by atoms with E-state index in [-0.39, 0.29) is 33.7 Å². The van der Waals surface area contributed by atoms with Crippen LogP contribution in [-0.2, 0) is 19.6 Å². The maximum atomic E-state index is 12.9. The molecule has 0 aliphatic carbocycles. The van der Waals surface area contributed by atoms with Crippen molar-refractivity contribution in [1.29, 1.82) is 0 Å². The molecule has 0 saturated carbocycles. The number of rotatable bonds is 8. The minimum Gasteiger partial charge on any atom is -0.506 e. The van der Waals surface area contributed by atoms with Crippen LogP contribution in [0.25, 0.3) is 0 Å². The van der Waals surface area contributed by atoms with Gasteiger partial charge in [0.1, 0.15) is 11.6 Å². The predicted molar refractivity (Wildman–Crippen MR) is 117 cm³/mol. The Hall–Kier alpha value is -2.63. The van der Waals surface area contributed by atoms with Crippen molar-refractivity contribution in [3.63, 3.8) is 0 Å². The van der Waals surface area contributed by atoms with Crippen molar-refractivity contribution < 1.29 is 27.5 Å². The van der Waals surface area contributed by atoms with Crippen LogP contribution in [0.5, 0.6) is 5.75 Å². The minimum absolute atomic E-state index is 0.00571. The molecule has 31 heavy (non-hydrogen) atoms. The number of phenolic OH excluding ortho intramolecular Hbond substituents is 1. The topological polar surface area (TPSA) is 116 Å². The summed E-state index contributed by atoms with van der Waals surface area (Å²) in [6.45, 7) is 0.892. The smallest absolute Gasteiger partial charge is 0.243 e. The summed E-state index contributed by atoms with van der Waals surface area (Å²) in [5.41, 5.74) is 0.430. The molecule has 0 spiro atoms. The van der Waals surface area contributed by atoms with Crippen molar-refractivity contribution in [3.8, 4) is 5.75 Å². The molecule has 2 aromatic carbocycles. The number of benzene rings is 2. The standard InChI is InChI=1S/C20H22FN3O5S2/c21-14-3-5-15(6-4-14)22-19(26)12-30-13-20(27)23-17-11-16(7-8-18(17)25)31(28,29)24-9-1-2-10-24/h3-8,11,25H,1-2,9-10,12-13H2,(H,22,26)(H,23,27). The maximum Gasteiger partial charge on any atom is 0.243 e. The molecule has 8 nitrogen and oxygen atoms in total. The number of nitrogens with zero attached hydrogens (tertiary/aromatic N) is 1. The van der Waals surface area contributed by atoms with E-state index in [4.69, 9.17) is 0 Å². The summed E-state index contributed by atoms with van der Waals surface area (Å²) in [5, 5.41) is 15.1. The number of carbonyl (C=O) groups is 2. The van der Waals surface area contributed by atoms with Crippen LogP contribution in [0.2, 0.25) is 0 Å². The van der Waals surface area contributed by atoms with E-state index in [1.54, 1.807) is 0 Å². The van der Waals surface area contributed by atoms with Crippen LogP contribution in [0.3, 0.4) is 0 Å². The largest absolute Gasteiger partial charge is 0.506 e. The average Bonchev–Trinajstić information content (AvgIpc) is 3.27. The van der Waals surface area contributed by atoms with Gasteiger partial charge in [0, 0.05) is 18.8 Å². The van der Waals surface area contributed by atoms with Crippen LogP contribution >= 0.6 is 11.8 Å². The first-order chi connectivity index (χ1) is 14.8. The fourth-order valence-electron chi connectivity index (χ4n) is 3.01. The summed E-state index contributed by atoms with van der Waals surface area (Å²) < 4.78 is 39.6. The highest BCUT2D eigenvalue weighted by atomic mass is 32.2. The fraction of sp³-hybridized carbons (Fsp3) is 0.300. The lowest BCUT2D eigenvalue weighted by molar-refractivity contribution is -0.114. The van der Waals surface area contributed by atoms with Crippen molar-refractivity contribution in [2.45, 2.75) is 17.7 Å². The van der Waals surface area contributed by atoms with Crippen LogP contribution in [-0.4, -0.2) is 54.2 Å². The second-order valence-electron chi connectivity index (χ2n) is 6.89. The van der Waals surface area contributed by atoms with Gasteiger partial charge in [-0.05, 0) is 55.3 Å². The van der Waals surface area contributed by atoms with E-state index in [9.17, 15) is 27.5 Å². The van der Waals surface area contributed by atoms with Gasteiger partial charge in [0.2, 0.25) is 21.8 Å². The second kappa shape index (κ2) is 10.1. The summed E-state index contributed by atoms with van der Waals surface area (Å²) in [4.78, 5) is 24.1. The van der Waals surface area contributed by atoms with Crippen LogP contribution < -0.4 is 10.6 Å². The SMILES string of the molecule is O=C(CSCC(=O)Nc1cc(S(=O)(=O)N2CCCC2)ccc1O)Nc1ccc(F)cc1. The van der Waals surface area contributed by atoms with Crippen molar-refractivity contribution in [1.82, 2.24) is 4.31 Å². The second-order valence-corrected chi connectivity index (χ2v) is 9.81. The van der Waals surface area contributed by atoms with Crippen molar-refractivity contribution in [3.05, 3.63) is 48.3 Å². The maximum absolute atomic E-state index is 12.9. The first kappa shape index (κ1) is 23.0. The van der Waals surface area contributed by atoms with Gasteiger partial charge in [0.15, 0.2) is 0 Å². The number of sulfonamides is 1. The third-order valence-electron chi connectivity index (χ3n) is 4.54. The molecule has 2 aromatic rings. The van der Waals surface area contributed by atoms with Gasteiger partial charge in [-0.25, -0.2) is 12.8 Å². The Morgan fingerprint density at radius 1 is 1.00 bits per heavy atom. The van der Waals surface area contributed by atoms with Crippen LogP contribution in [0, 0.1) is 5.82 Å². The highest BCUT2D eigenvalue weighted by Gasteiger charge is 2.27. The Kier molecular flexibility index (Phi) is 7.52. The lowest BCUT2D eigenvalue weighted by atomic mass is 10.3. The van der Waals surface area contributed by atoms with Gasteiger partial charge in [0.25, 0.3) is 0 Å². The Bertz CT molecular complexity index is 1050. The number of carbonyl (C=O) groups excluding carboxylic acids is 2. The molecule has 1 heterocycles. The highest BCUT2D eigenvalue weighted by molar-refractivity contribution is 8.00. The molecule has 0 unspecified atom stereocenters. The van der Waals surface area contributed by atoms with E-state index in [2.05, 4.69) is 10.6 Å². The van der Waals surface area contributed by atoms with Crippen LogP contribution in [0.1, 0.15) is 12.8 Å². The summed E-state index contributed by atoms with van der Waals surface area (Å²) >= 11 is 1.04. The number of nitrogens with one attached hydrogen (secondary N) is 2. The number of anilines is 2. The molecule has 1 aliphatic heterocycles. The number of halogens is 1. The quantitative estimate of drug-likeness (QED) is 0.514. The van der Waals surface area contributed by atoms with Gasteiger partial charge in [-0.3, -0.25) is 9.59 Å². The zero-order valence-electron chi connectivity index (χ0n) is 16.5. The molecule has 0 radical (unpaired) electrons. The average molecular weight is 468 g/mol. The normalized spacial score (nSPS) is 14.4. The van der Waals surface area contributed by atoms with Gasteiger partial charge in [-0.15, -0.1) is 11.8 Å². The summed E-state index contributed by atoms with van der Waals surface area (Å²) in [6, 6.07) is 9.05. The molecule has 0 atom stereocenters. The van der Waals surface area contributed by atoms with Gasteiger partial charge in [-0.1, -0.05) is 0 Å². The molecular formula is C20H22FN3O5S2. The summed E-state index contributed by atoms with van der Waals surface area (Å²) in [6.07, 6.45) is 1.60. The summed E-state index contributed by atoms with van der Waals surface area (Å²) in [5.74, 6) is -1.62. The fourth-order valence-corrected chi connectivity index (χ4v) is 5.17. The van der Waals surface area contributed by atoms with Crippen molar-refractivity contribution >= 4 is 45.0 Å². The monoisotopic (exact) mass is 467 g/mol. The summed E-state index contributed by atoms with van der Waals surface area (Å²) in [7, 11) is -3.69. The lowest BCUT2D eigenvalue weighted by Crippen LogP contribution is -2.28. The highest BCUT2D eigenvalue weighted by Crippen LogP contribution is 2.29. The number of phenols is 1. The number of amides is 2. The number of hydrogen-bond acceptors (Lipinski definition) is 6. The van der Waals surface area contributed by atoms with Gasteiger partial charge >= 0.3 is 0 Å². The predicted octanol–water partition coefficient (Wildman–Crippen LogP) is 2.63. The zero-order chi connectivity index (χ0) is 22.4. The lowest BCUT2D eigenvalue weighted by Gasteiger charge is -2.16. The molecule has 0 aromatic heterocycles. The molecule has 3 rings (SSSR count). The van der Waals surface area contributed by atoms with E-state index >= 15 is 0 Å². The third kappa shape index (κ3) is 6.18. The molecule has 0 bridgehead atoms. The molecule has 166 valence electrons. The van der Waals surface area contributed by atoms with E-state index in [1.807, 2.05) is 0 Å².